The van der Waals surface area contributed by atoms with E-state index in [-0.39, 0.29) is 5.91 Å². The van der Waals surface area contributed by atoms with Crippen LogP contribution in [-0.2, 0) is 13.1 Å². The molecule has 6 nitrogen and oxygen atoms in total. The number of benzene rings is 1. The summed E-state index contributed by atoms with van der Waals surface area (Å²) in [6.45, 7) is 10.2. The summed E-state index contributed by atoms with van der Waals surface area (Å²) in [6.07, 6.45) is 0.830. The Labute approximate surface area is 174 Å². The predicted molar refractivity (Wildman–Crippen MR) is 114 cm³/mol. The van der Waals surface area contributed by atoms with Gasteiger partial charge in [-0.25, -0.2) is 0 Å². The summed E-state index contributed by atoms with van der Waals surface area (Å²) < 4.78 is 5.00. The van der Waals surface area contributed by atoms with E-state index >= 15 is 0 Å². The van der Waals surface area contributed by atoms with Gasteiger partial charge >= 0.3 is 0 Å². The number of nitrogens with one attached hydrogen (secondary N) is 1. The first-order valence-corrected chi connectivity index (χ1v) is 10.2. The van der Waals surface area contributed by atoms with E-state index in [1.54, 1.807) is 0 Å². The zero-order valence-electron chi connectivity index (χ0n) is 16.8. The lowest BCUT2D eigenvalue weighted by Crippen LogP contribution is -2.25. The van der Waals surface area contributed by atoms with Crippen molar-refractivity contribution in [3.63, 3.8) is 0 Å². The van der Waals surface area contributed by atoms with Gasteiger partial charge < -0.3 is 5.32 Å². The number of nitrogens with zero attached hydrogens (tertiary/aromatic N) is 4. The van der Waals surface area contributed by atoms with Gasteiger partial charge in [-0.1, -0.05) is 12.1 Å². The Bertz CT molecular complexity index is 972. The van der Waals surface area contributed by atoms with Crippen molar-refractivity contribution in [2.75, 3.05) is 6.54 Å². The molecular formula is C21H26BrN5O. The molecule has 2 heterocycles. The molecule has 0 unspecified atom stereocenters. The van der Waals surface area contributed by atoms with Gasteiger partial charge in [-0.15, -0.1) is 0 Å². The third-order valence-electron chi connectivity index (χ3n) is 4.78. The molecule has 0 bridgehead atoms. The van der Waals surface area contributed by atoms with E-state index in [0.717, 1.165) is 45.8 Å². The number of carbonyl (C=O) groups excluding carboxylic acids is 1. The van der Waals surface area contributed by atoms with Gasteiger partial charge in [0.25, 0.3) is 5.91 Å². The Morgan fingerprint density at radius 3 is 2.36 bits per heavy atom. The minimum Gasteiger partial charge on any atom is -0.352 e. The second-order valence-corrected chi connectivity index (χ2v) is 7.89. The fourth-order valence-electron chi connectivity index (χ4n) is 3.20. The zero-order chi connectivity index (χ0) is 20.3. The van der Waals surface area contributed by atoms with E-state index in [4.69, 9.17) is 0 Å². The van der Waals surface area contributed by atoms with Crippen LogP contribution in [0.5, 0.6) is 0 Å². The minimum atomic E-state index is -0.0489. The summed E-state index contributed by atoms with van der Waals surface area (Å²) in [5.41, 5.74) is 6.04. The van der Waals surface area contributed by atoms with Crippen LogP contribution in [0.3, 0.4) is 0 Å². The molecule has 28 heavy (non-hydrogen) atoms. The van der Waals surface area contributed by atoms with Crippen LogP contribution in [0.2, 0.25) is 0 Å². The van der Waals surface area contributed by atoms with Crippen LogP contribution in [0.4, 0.5) is 0 Å². The Balaban J connectivity index is 1.49. The van der Waals surface area contributed by atoms with Crippen molar-refractivity contribution in [2.45, 2.75) is 47.2 Å². The lowest BCUT2D eigenvalue weighted by molar-refractivity contribution is 0.0952. The molecule has 2 aromatic heterocycles. The average molecular weight is 444 g/mol. The molecule has 7 heteroatoms. The van der Waals surface area contributed by atoms with E-state index in [1.165, 1.54) is 0 Å². The second-order valence-electron chi connectivity index (χ2n) is 7.10. The van der Waals surface area contributed by atoms with Gasteiger partial charge in [-0.2, -0.15) is 10.2 Å². The standard InChI is InChI=1S/C21H26BrN5O/c1-14-12-15(2)27(24-14)13-18-6-8-19(9-7-18)21(28)23-10-5-11-26-17(4)20(22)16(3)25-26/h6-9,12H,5,10-11,13H2,1-4H3,(H,23,28). The number of amides is 1. The SMILES string of the molecule is Cc1cc(C)n(Cc2ccc(C(=O)NCCCn3nc(C)c(Br)c3C)cc2)n1. The van der Waals surface area contributed by atoms with Crippen LogP contribution in [0.25, 0.3) is 0 Å². The van der Waals surface area contributed by atoms with Crippen molar-refractivity contribution in [3.05, 3.63) is 68.7 Å². The highest BCUT2D eigenvalue weighted by Gasteiger charge is 2.09. The Kier molecular flexibility index (Phi) is 6.34. The first kappa shape index (κ1) is 20.3. The number of aryl methyl sites for hydroxylation is 4. The molecule has 0 spiro atoms. The number of aromatic nitrogens is 4. The Hall–Kier alpha value is -2.41. The van der Waals surface area contributed by atoms with Gasteiger partial charge in [0, 0.05) is 30.0 Å². The molecule has 0 aliphatic heterocycles. The monoisotopic (exact) mass is 443 g/mol. The molecule has 0 atom stereocenters. The third-order valence-corrected chi connectivity index (χ3v) is 5.92. The number of rotatable bonds is 7. The average Bonchev–Trinajstić information content (AvgIpc) is 3.11. The topological polar surface area (TPSA) is 64.7 Å². The summed E-state index contributed by atoms with van der Waals surface area (Å²) in [5, 5.41) is 11.9. The maximum atomic E-state index is 12.3. The fourth-order valence-corrected chi connectivity index (χ4v) is 3.48. The molecule has 0 radical (unpaired) electrons. The van der Waals surface area contributed by atoms with Gasteiger partial charge in [0.2, 0.25) is 0 Å². The van der Waals surface area contributed by atoms with Gasteiger partial charge in [0.1, 0.15) is 0 Å². The molecule has 1 amide bonds. The molecule has 0 aliphatic rings. The third kappa shape index (κ3) is 4.70. The number of carbonyl (C=O) groups is 1. The van der Waals surface area contributed by atoms with Crippen molar-refractivity contribution in [1.82, 2.24) is 24.9 Å². The largest absolute Gasteiger partial charge is 0.352 e. The van der Waals surface area contributed by atoms with Crippen molar-refractivity contribution in [3.8, 4) is 0 Å². The van der Waals surface area contributed by atoms with Crippen LogP contribution >= 0.6 is 15.9 Å². The highest BCUT2D eigenvalue weighted by Crippen LogP contribution is 2.19. The normalized spacial score (nSPS) is 11.0. The molecule has 0 saturated carbocycles. The van der Waals surface area contributed by atoms with Gasteiger partial charge in [-0.05, 0) is 73.8 Å². The van der Waals surface area contributed by atoms with Gasteiger partial charge in [0.05, 0.1) is 22.4 Å². The second kappa shape index (κ2) is 8.73. The summed E-state index contributed by atoms with van der Waals surface area (Å²) in [7, 11) is 0. The van der Waals surface area contributed by atoms with E-state index < -0.39 is 0 Å². The van der Waals surface area contributed by atoms with Crippen molar-refractivity contribution >= 4 is 21.8 Å². The van der Waals surface area contributed by atoms with E-state index in [0.29, 0.717) is 18.7 Å². The van der Waals surface area contributed by atoms with Crippen molar-refractivity contribution in [1.29, 1.82) is 0 Å². The van der Waals surface area contributed by atoms with Crippen LogP contribution in [0, 0.1) is 27.7 Å². The molecule has 0 saturated heterocycles. The first-order chi connectivity index (χ1) is 13.3. The lowest BCUT2D eigenvalue weighted by Gasteiger charge is -2.08. The van der Waals surface area contributed by atoms with Crippen LogP contribution in [0.1, 0.15) is 45.1 Å². The molecule has 148 valence electrons. The summed E-state index contributed by atoms with van der Waals surface area (Å²) in [6, 6.07) is 9.77. The number of hydrogen-bond donors (Lipinski definition) is 1. The Morgan fingerprint density at radius 2 is 1.79 bits per heavy atom. The van der Waals surface area contributed by atoms with Crippen LogP contribution in [-0.4, -0.2) is 32.0 Å². The van der Waals surface area contributed by atoms with E-state index in [9.17, 15) is 4.79 Å². The molecule has 0 aliphatic carbocycles. The number of hydrogen-bond acceptors (Lipinski definition) is 3. The maximum Gasteiger partial charge on any atom is 0.251 e. The summed E-state index contributed by atoms with van der Waals surface area (Å²) >= 11 is 3.54. The molecule has 0 fully saturated rings. The van der Waals surface area contributed by atoms with Crippen LogP contribution < -0.4 is 5.32 Å². The molecule has 1 aromatic carbocycles. The van der Waals surface area contributed by atoms with Crippen LogP contribution in [0.15, 0.2) is 34.8 Å². The fraction of sp³-hybridized carbons (Fsp3) is 0.381. The van der Waals surface area contributed by atoms with Crippen molar-refractivity contribution < 1.29 is 4.79 Å². The number of halogens is 1. The molecule has 3 rings (SSSR count). The highest BCUT2D eigenvalue weighted by molar-refractivity contribution is 9.10. The summed E-state index contributed by atoms with van der Waals surface area (Å²) in [4.78, 5) is 12.3. The van der Waals surface area contributed by atoms with Crippen molar-refractivity contribution in [2.24, 2.45) is 0 Å². The zero-order valence-corrected chi connectivity index (χ0v) is 18.4. The first-order valence-electron chi connectivity index (χ1n) is 9.43. The van der Waals surface area contributed by atoms with Gasteiger partial charge in [0.15, 0.2) is 0 Å². The molecule has 1 N–H and O–H groups in total. The van der Waals surface area contributed by atoms with Gasteiger partial charge in [-0.3, -0.25) is 14.2 Å². The molecule has 3 aromatic rings. The maximum absolute atomic E-state index is 12.3. The van der Waals surface area contributed by atoms with E-state index in [1.807, 2.05) is 61.3 Å². The quantitative estimate of drug-likeness (QED) is 0.562. The highest BCUT2D eigenvalue weighted by atomic mass is 79.9. The lowest BCUT2D eigenvalue weighted by atomic mass is 10.1. The molecular weight excluding hydrogens is 418 g/mol. The van der Waals surface area contributed by atoms with E-state index in [2.05, 4.69) is 37.5 Å². The Morgan fingerprint density at radius 1 is 1.07 bits per heavy atom. The summed E-state index contributed by atoms with van der Waals surface area (Å²) in [5.74, 6) is -0.0489. The smallest absolute Gasteiger partial charge is 0.251 e. The predicted octanol–water partition coefficient (Wildman–Crippen LogP) is 3.94. The minimum absolute atomic E-state index is 0.0489.